The predicted octanol–water partition coefficient (Wildman–Crippen LogP) is 0.669. The minimum Gasteiger partial charge on any atom is -0.469 e. The maximum Gasteiger partial charge on any atom is 0.333 e. The van der Waals surface area contributed by atoms with Crippen LogP contribution in [-0.2, 0) is 19.1 Å². The van der Waals surface area contributed by atoms with Crippen LogP contribution in [0.2, 0.25) is 0 Å². The highest BCUT2D eigenvalue weighted by molar-refractivity contribution is 5.90. The van der Waals surface area contributed by atoms with Crippen LogP contribution in [-0.4, -0.2) is 26.2 Å². The first kappa shape index (κ1) is 9.77. The summed E-state index contributed by atoms with van der Waals surface area (Å²) in [6.07, 6.45) is 2.73. The molecule has 0 fully saturated rings. The molecule has 13 heavy (non-hydrogen) atoms. The van der Waals surface area contributed by atoms with Crippen LogP contribution in [0, 0.1) is 5.92 Å². The summed E-state index contributed by atoms with van der Waals surface area (Å²) in [6.45, 7) is 0. The second-order valence-corrected chi connectivity index (χ2v) is 2.88. The first-order chi connectivity index (χ1) is 6.19. The van der Waals surface area contributed by atoms with Crippen molar-refractivity contribution in [3.8, 4) is 0 Å². The fourth-order valence-electron chi connectivity index (χ4n) is 1.36. The van der Waals surface area contributed by atoms with Gasteiger partial charge < -0.3 is 9.47 Å². The summed E-state index contributed by atoms with van der Waals surface area (Å²) < 4.78 is 9.11. The van der Waals surface area contributed by atoms with Crippen LogP contribution in [0.3, 0.4) is 0 Å². The highest BCUT2D eigenvalue weighted by atomic mass is 16.5. The molecule has 0 bridgehead atoms. The Hall–Kier alpha value is -1.32. The normalized spacial score (nSPS) is 20.8. The zero-order valence-corrected chi connectivity index (χ0v) is 7.70. The van der Waals surface area contributed by atoms with E-state index < -0.39 is 0 Å². The lowest BCUT2D eigenvalue weighted by Gasteiger charge is -2.06. The quantitative estimate of drug-likeness (QED) is 0.592. The van der Waals surface area contributed by atoms with E-state index in [0.29, 0.717) is 18.4 Å². The van der Waals surface area contributed by atoms with E-state index in [9.17, 15) is 9.59 Å². The van der Waals surface area contributed by atoms with Crippen molar-refractivity contribution >= 4 is 11.9 Å². The van der Waals surface area contributed by atoms with Gasteiger partial charge in [-0.25, -0.2) is 4.79 Å². The predicted molar refractivity (Wildman–Crippen MR) is 44.8 cm³/mol. The molecule has 0 N–H and O–H groups in total. The van der Waals surface area contributed by atoms with Crippen molar-refractivity contribution < 1.29 is 19.1 Å². The van der Waals surface area contributed by atoms with Crippen molar-refractivity contribution in [2.24, 2.45) is 5.92 Å². The van der Waals surface area contributed by atoms with Gasteiger partial charge >= 0.3 is 11.9 Å². The molecule has 0 saturated carbocycles. The molecule has 72 valence electrons. The lowest BCUT2D eigenvalue weighted by molar-refractivity contribution is -0.145. The summed E-state index contributed by atoms with van der Waals surface area (Å²) in [5.74, 6) is -0.833. The second-order valence-electron chi connectivity index (χ2n) is 2.88. The van der Waals surface area contributed by atoms with Crippen LogP contribution in [0.4, 0.5) is 0 Å². The van der Waals surface area contributed by atoms with Crippen molar-refractivity contribution in [3.63, 3.8) is 0 Å². The van der Waals surface area contributed by atoms with E-state index >= 15 is 0 Å². The molecule has 0 aromatic rings. The van der Waals surface area contributed by atoms with Gasteiger partial charge in [-0.3, -0.25) is 4.79 Å². The van der Waals surface area contributed by atoms with Crippen LogP contribution in [0.5, 0.6) is 0 Å². The summed E-state index contributed by atoms with van der Waals surface area (Å²) in [4.78, 5) is 22.1. The molecule has 0 aromatic carbocycles. The fraction of sp³-hybridized carbons (Fsp3) is 0.556. The van der Waals surface area contributed by atoms with E-state index in [0.717, 1.165) is 0 Å². The van der Waals surface area contributed by atoms with Crippen molar-refractivity contribution in [2.45, 2.75) is 12.8 Å². The van der Waals surface area contributed by atoms with Gasteiger partial charge in [0.25, 0.3) is 0 Å². The van der Waals surface area contributed by atoms with Gasteiger partial charge in [0.15, 0.2) is 0 Å². The van der Waals surface area contributed by atoms with Gasteiger partial charge in [0, 0.05) is 5.57 Å². The standard InChI is InChI=1S/C9H12O4/c1-12-8(10)6-3-4-7(5-6)9(11)13-2/h3,7H,4-5H2,1-2H3. The molecule has 1 aliphatic carbocycles. The Morgan fingerprint density at radius 1 is 1.38 bits per heavy atom. The zero-order chi connectivity index (χ0) is 9.84. The highest BCUT2D eigenvalue weighted by Crippen LogP contribution is 2.26. The van der Waals surface area contributed by atoms with Gasteiger partial charge in [-0.1, -0.05) is 6.08 Å². The molecule has 0 radical (unpaired) electrons. The number of carbonyl (C=O) groups is 2. The molecule has 1 unspecified atom stereocenters. The summed E-state index contributed by atoms with van der Waals surface area (Å²) >= 11 is 0. The van der Waals surface area contributed by atoms with E-state index in [1.807, 2.05) is 0 Å². The third-order valence-electron chi connectivity index (χ3n) is 2.10. The fourth-order valence-corrected chi connectivity index (χ4v) is 1.36. The molecule has 4 heteroatoms. The number of methoxy groups -OCH3 is 2. The van der Waals surface area contributed by atoms with E-state index in [4.69, 9.17) is 0 Å². The molecule has 1 rings (SSSR count). The minimum atomic E-state index is -0.355. The molecule has 0 saturated heterocycles. The van der Waals surface area contributed by atoms with Crippen molar-refractivity contribution in [1.29, 1.82) is 0 Å². The molecule has 0 aliphatic heterocycles. The molecule has 0 amide bonds. The van der Waals surface area contributed by atoms with Gasteiger partial charge in [-0.2, -0.15) is 0 Å². The molecule has 0 aromatic heterocycles. The van der Waals surface area contributed by atoms with Crippen LogP contribution >= 0.6 is 0 Å². The second kappa shape index (κ2) is 4.07. The number of ether oxygens (including phenoxy) is 2. The first-order valence-electron chi connectivity index (χ1n) is 4.04. The number of rotatable bonds is 2. The lowest BCUT2D eigenvalue weighted by Crippen LogP contribution is -2.14. The van der Waals surface area contributed by atoms with Crippen molar-refractivity contribution in [3.05, 3.63) is 11.6 Å². The van der Waals surface area contributed by atoms with Crippen LogP contribution < -0.4 is 0 Å². The molecular weight excluding hydrogens is 172 g/mol. The number of hydrogen-bond donors (Lipinski definition) is 0. The van der Waals surface area contributed by atoms with Gasteiger partial charge in [0.1, 0.15) is 0 Å². The van der Waals surface area contributed by atoms with E-state index in [2.05, 4.69) is 9.47 Å². The SMILES string of the molecule is COC(=O)C1=CCC(C(=O)OC)C1. The monoisotopic (exact) mass is 184 g/mol. The average Bonchev–Trinajstić information content (AvgIpc) is 2.64. The van der Waals surface area contributed by atoms with Gasteiger partial charge in [-0.05, 0) is 12.8 Å². The number of hydrogen-bond acceptors (Lipinski definition) is 4. The van der Waals surface area contributed by atoms with Crippen molar-refractivity contribution in [2.75, 3.05) is 14.2 Å². The Balaban J connectivity index is 2.51. The maximum atomic E-state index is 11.1. The third kappa shape index (κ3) is 2.08. The van der Waals surface area contributed by atoms with Crippen molar-refractivity contribution in [1.82, 2.24) is 0 Å². The van der Waals surface area contributed by atoms with E-state index in [-0.39, 0.29) is 17.9 Å². The van der Waals surface area contributed by atoms with Gasteiger partial charge in [0.2, 0.25) is 0 Å². The smallest absolute Gasteiger partial charge is 0.333 e. The number of allylic oxidation sites excluding steroid dienone is 1. The number of carbonyl (C=O) groups excluding carboxylic acids is 2. The average molecular weight is 184 g/mol. The molecule has 0 heterocycles. The molecule has 1 atom stereocenters. The lowest BCUT2D eigenvalue weighted by atomic mass is 10.1. The largest absolute Gasteiger partial charge is 0.469 e. The molecule has 0 spiro atoms. The van der Waals surface area contributed by atoms with E-state index in [1.54, 1.807) is 6.08 Å². The van der Waals surface area contributed by atoms with Gasteiger partial charge in [0.05, 0.1) is 20.1 Å². The van der Waals surface area contributed by atoms with Crippen LogP contribution in [0.25, 0.3) is 0 Å². The Kier molecular flexibility index (Phi) is 3.06. The first-order valence-corrected chi connectivity index (χ1v) is 4.04. The Morgan fingerprint density at radius 2 is 2.08 bits per heavy atom. The number of esters is 2. The minimum absolute atomic E-state index is 0.209. The Morgan fingerprint density at radius 3 is 2.62 bits per heavy atom. The molecular formula is C9H12O4. The zero-order valence-electron chi connectivity index (χ0n) is 7.70. The van der Waals surface area contributed by atoms with E-state index in [1.165, 1.54) is 14.2 Å². The van der Waals surface area contributed by atoms with Crippen LogP contribution in [0.15, 0.2) is 11.6 Å². The molecule has 1 aliphatic rings. The topological polar surface area (TPSA) is 52.6 Å². The third-order valence-corrected chi connectivity index (χ3v) is 2.10. The Bertz CT molecular complexity index is 254. The van der Waals surface area contributed by atoms with Crippen LogP contribution in [0.1, 0.15) is 12.8 Å². The summed E-state index contributed by atoms with van der Waals surface area (Å²) in [7, 11) is 2.67. The van der Waals surface area contributed by atoms with Gasteiger partial charge in [-0.15, -0.1) is 0 Å². The molecule has 4 nitrogen and oxygen atoms in total. The summed E-state index contributed by atoms with van der Waals surface area (Å²) in [6, 6.07) is 0. The Labute approximate surface area is 76.5 Å². The maximum absolute atomic E-state index is 11.1. The summed E-state index contributed by atoms with van der Waals surface area (Å²) in [5, 5.41) is 0. The highest BCUT2D eigenvalue weighted by Gasteiger charge is 2.28. The summed E-state index contributed by atoms with van der Waals surface area (Å²) in [5.41, 5.74) is 0.568.